The Morgan fingerprint density at radius 1 is 1.06 bits per heavy atom. The van der Waals surface area contributed by atoms with E-state index in [1.54, 1.807) is 10.7 Å². The fourth-order valence-corrected chi connectivity index (χ4v) is 2.88. The van der Waals surface area contributed by atoms with Gasteiger partial charge in [0.15, 0.2) is 12.3 Å². The zero-order valence-electron chi connectivity index (χ0n) is 17.8. The van der Waals surface area contributed by atoms with Gasteiger partial charge in [-0.2, -0.15) is 10.2 Å². The van der Waals surface area contributed by atoms with Gasteiger partial charge in [0.2, 0.25) is 0 Å². The monoisotopic (exact) mass is 423 g/mol. The summed E-state index contributed by atoms with van der Waals surface area (Å²) in [6.45, 7) is 5.72. The minimum absolute atomic E-state index is 0.0240. The summed E-state index contributed by atoms with van der Waals surface area (Å²) in [7, 11) is 0. The van der Waals surface area contributed by atoms with E-state index in [-0.39, 0.29) is 11.3 Å². The van der Waals surface area contributed by atoms with Crippen LogP contribution < -0.4 is 10.9 Å². The molecule has 0 unspecified atom stereocenters. The Labute approximate surface area is 179 Å². The number of hydrogen-bond donors (Lipinski definition) is 1. The summed E-state index contributed by atoms with van der Waals surface area (Å²) in [5.74, 6) is -0.821. The lowest BCUT2D eigenvalue weighted by Gasteiger charge is -2.10. The number of rotatable bonds is 8. The van der Waals surface area contributed by atoms with E-state index in [0.717, 1.165) is 29.8 Å². The van der Waals surface area contributed by atoms with Crippen molar-refractivity contribution >= 4 is 17.7 Å². The number of aryl methyl sites for hydroxylation is 3. The van der Waals surface area contributed by atoms with Crippen LogP contribution in [0, 0.1) is 13.8 Å². The number of amides is 1. The quantitative estimate of drug-likeness (QED) is 0.558. The first-order chi connectivity index (χ1) is 14.9. The van der Waals surface area contributed by atoms with Crippen LogP contribution in [0.1, 0.15) is 41.5 Å². The summed E-state index contributed by atoms with van der Waals surface area (Å²) in [5.41, 5.74) is 2.32. The lowest BCUT2D eigenvalue weighted by Crippen LogP contribution is -2.26. The maximum absolute atomic E-state index is 12.4. The Balaban J connectivity index is 1.64. The second kappa shape index (κ2) is 9.84. The van der Waals surface area contributed by atoms with Gasteiger partial charge in [-0.05, 0) is 38.5 Å². The molecule has 0 spiro atoms. The molecule has 2 aromatic heterocycles. The van der Waals surface area contributed by atoms with Gasteiger partial charge in [0.05, 0.1) is 11.4 Å². The molecular weight excluding hydrogens is 398 g/mol. The van der Waals surface area contributed by atoms with Gasteiger partial charge in [-0.1, -0.05) is 31.0 Å². The third kappa shape index (κ3) is 5.65. The van der Waals surface area contributed by atoms with Crippen LogP contribution in [0.4, 0.5) is 5.82 Å². The van der Waals surface area contributed by atoms with E-state index in [2.05, 4.69) is 15.5 Å². The normalized spacial score (nSPS) is 10.7. The molecule has 1 amide bonds. The standard InChI is InChI=1S/C22H25N5O4/c1-4-5-12-26-21(29)11-10-18(25-26)22(30)31-14-20(28)23-19-13-16(3)24-27(19)17-8-6-15(2)7-9-17/h6-11,13H,4-5,12,14H2,1-3H3,(H,23,28). The zero-order chi connectivity index (χ0) is 22.4. The molecule has 9 nitrogen and oxygen atoms in total. The lowest BCUT2D eigenvalue weighted by atomic mass is 10.2. The topological polar surface area (TPSA) is 108 Å². The number of benzene rings is 1. The van der Waals surface area contributed by atoms with Gasteiger partial charge < -0.3 is 10.1 Å². The van der Waals surface area contributed by atoms with Crippen molar-refractivity contribution in [3.8, 4) is 5.69 Å². The number of esters is 1. The minimum atomic E-state index is -0.774. The van der Waals surface area contributed by atoms with Gasteiger partial charge in [0.25, 0.3) is 11.5 Å². The number of nitrogens with zero attached hydrogens (tertiary/aromatic N) is 4. The fraction of sp³-hybridized carbons (Fsp3) is 0.318. The van der Waals surface area contributed by atoms with Crippen molar-refractivity contribution in [2.45, 2.75) is 40.2 Å². The Kier molecular flexibility index (Phi) is 6.96. The van der Waals surface area contributed by atoms with E-state index < -0.39 is 18.5 Å². The summed E-state index contributed by atoms with van der Waals surface area (Å²) >= 11 is 0. The van der Waals surface area contributed by atoms with Crippen LogP contribution in [0.3, 0.4) is 0 Å². The smallest absolute Gasteiger partial charge is 0.359 e. The maximum atomic E-state index is 12.4. The summed E-state index contributed by atoms with van der Waals surface area (Å²) in [6, 6.07) is 12.0. The van der Waals surface area contributed by atoms with Crippen LogP contribution in [0.2, 0.25) is 0 Å². The highest BCUT2D eigenvalue weighted by Gasteiger charge is 2.15. The predicted molar refractivity (Wildman–Crippen MR) is 115 cm³/mol. The molecule has 3 rings (SSSR count). The van der Waals surface area contributed by atoms with Crippen molar-refractivity contribution in [2.24, 2.45) is 0 Å². The van der Waals surface area contributed by atoms with Crippen molar-refractivity contribution in [3.63, 3.8) is 0 Å². The molecule has 0 saturated carbocycles. The Morgan fingerprint density at radius 2 is 1.81 bits per heavy atom. The number of ether oxygens (including phenoxy) is 1. The zero-order valence-corrected chi connectivity index (χ0v) is 17.8. The highest BCUT2D eigenvalue weighted by molar-refractivity contribution is 5.94. The first-order valence-corrected chi connectivity index (χ1v) is 10.1. The molecule has 0 saturated heterocycles. The number of carbonyl (C=O) groups excluding carboxylic acids is 2. The molecule has 3 aromatic rings. The van der Waals surface area contributed by atoms with Crippen LogP contribution in [0.25, 0.3) is 5.69 Å². The van der Waals surface area contributed by atoms with E-state index >= 15 is 0 Å². The van der Waals surface area contributed by atoms with Gasteiger partial charge in [0.1, 0.15) is 5.82 Å². The second-order valence-electron chi connectivity index (χ2n) is 7.18. The third-order valence-electron chi connectivity index (χ3n) is 4.51. The molecule has 0 fully saturated rings. The van der Waals surface area contributed by atoms with Gasteiger partial charge in [-0.3, -0.25) is 9.59 Å². The molecule has 0 aliphatic carbocycles. The van der Waals surface area contributed by atoms with Gasteiger partial charge in [0, 0.05) is 18.7 Å². The number of aromatic nitrogens is 4. The third-order valence-corrected chi connectivity index (χ3v) is 4.51. The van der Waals surface area contributed by atoms with Gasteiger partial charge in [-0.15, -0.1) is 0 Å². The van der Waals surface area contributed by atoms with E-state index in [9.17, 15) is 14.4 Å². The van der Waals surface area contributed by atoms with Crippen LogP contribution >= 0.6 is 0 Å². The Morgan fingerprint density at radius 3 is 2.52 bits per heavy atom. The Hall–Kier alpha value is -3.75. The number of hydrogen-bond acceptors (Lipinski definition) is 6. The van der Waals surface area contributed by atoms with Gasteiger partial charge >= 0.3 is 5.97 Å². The number of anilines is 1. The van der Waals surface area contributed by atoms with Crippen LogP contribution in [-0.2, 0) is 16.1 Å². The summed E-state index contributed by atoms with van der Waals surface area (Å²) in [5, 5.41) is 11.1. The maximum Gasteiger partial charge on any atom is 0.359 e. The van der Waals surface area contributed by atoms with Crippen molar-refractivity contribution < 1.29 is 14.3 Å². The lowest BCUT2D eigenvalue weighted by molar-refractivity contribution is -0.119. The average Bonchev–Trinajstić information content (AvgIpc) is 3.11. The molecule has 162 valence electrons. The summed E-state index contributed by atoms with van der Waals surface area (Å²) in [4.78, 5) is 36.4. The first kappa shape index (κ1) is 21.9. The molecule has 0 radical (unpaired) electrons. The molecular formula is C22H25N5O4. The second-order valence-corrected chi connectivity index (χ2v) is 7.18. The van der Waals surface area contributed by atoms with E-state index in [4.69, 9.17) is 4.74 Å². The molecule has 31 heavy (non-hydrogen) atoms. The van der Waals surface area contributed by atoms with E-state index in [1.165, 1.54) is 16.8 Å². The molecule has 2 heterocycles. The molecule has 0 bridgehead atoms. The molecule has 0 atom stereocenters. The molecule has 0 aliphatic rings. The van der Waals surface area contributed by atoms with Crippen molar-refractivity contribution in [1.29, 1.82) is 0 Å². The number of carbonyl (C=O) groups is 2. The molecule has 1 N–H and O–H groups in total. The number of nitrogens with one attached hydrogen (secondary N) is 1. The molecule has 1 aromatic carbocycles. The first-order valence-electron chi connectivity index (χ1n) is 10.1. The van der Waals surface area contributed by atoms with Crippen molar-refractivity contribution in [1.82, 2.24) is 19.6 Å². The van der Waals surface area contributed by atoms with E-state index in [1.807, 2.05) is 45.0 Å². The largest absolute Gasteiger partial charge is 0.451 e. The molecule has 0 aliphatic heterocycles. The number of unbranched alkanes of at least 4 members (excludes halogenated alkanes) is 1. The highest BCUT2D eigenvalue weighted by atomic mass is 16.5. The van der Waals surface area contributed by atoms with Crippen molar-refractivity contribution in [2.75, 3.05) is 11.9 Å². The average molecular weight is 423 g/mol. The Bertz CT molecular complexity index is 1130. The van der Waals surface area contributed by atoms with Crippen LogP contribution in [0.5, 0.6) is 0 Å². The molecule has 9 heteroatoms. The predicted octanol–water partition coefficient (Wildman–Crippen LogP) is 2.64. The van der Waals surface area contributed by atoms with Crippen LogP contribution in [-0.4, -0.2) is 38.0 Å². The summed E-state index contributed by atoms with van der Waals surface area (Å²) in [6.07, 6.45) is 1.66. The highest BCUT2D eigenvalue weighted by Crippen LogP contribution is 2.17. The van der Waals surface area contributed by atoms with Gasteiger partial charge in [-0.25, -0.2) is 14.2 Å². The van der Waals surface area contributed by atoms with Crippen LogP contribution in [0.15, 0.2) is 47.3 Å². The fourth-order valence-electron chi connectivity index (χ4n) is 2.88. The summed E-state index contributed by atoms with van der Waals surface area (Å²) < 4.78 is 7.91. The SMILES string of the molecule is CCCCn1nc(C(=O)OCC(=O)Nc2cc(C)nn2-c2ccc(C)cc2)ccc1=O. The minimum Gasteiger partial charge on any atom is -0.451 e. The van der Waals surface area contributed by atoms with Crippen molar-refractivity contribution in [3.05, 3.63) is 69.8 Å². The van der Waals surface area contributed by atoms with E-state index in [0.29, 0.717) is 12.4 Å².